The van der Waals surface area contributed by atoms with Gasteiger partial charge in [0.2, 0.25) is 11.7 Å². The molecule has 1 N–H and O–H groups in total. The van der Waals surface area contributed by atoms with Crippen molar-refractivity contribution in [2.24, 2.45) is 0 Å². The number of ether oxygens (including phenoxy) is 2. The van der Waals surface area contributed by atoms with E-state index in [0.29, 0.717) is 17.3 Å². The fourth-order valence-electron chi connectivity index (χ4n) is 2.91. The SMILES string of the molecule is COCC(C)n1c(C)cc(C(=O)COC(=O)c2csc(NC(C)=O)n2)c1C. The summed E-state index contributed by atoms with van der Waals surface area (Å²) < 4.78 is 12.3. The molecule has 2 aromatic rings. The standard InChI is InChI=1S/C18H23N3O5S/c1-10-6-14(12(3)21(10)11(2)7-25-5)16(23)8-26-17(24)15-9-27-18(20-15)19-13(4)22/h6,9,11H,7-8H2,1-5H3,(H,19,20,22). The lowest BCUT2D eigenvalue weighted by molar-refractivity contribution is -0.114. The summed E-state index contributed by atoms with van der Waals surface area (Å²) >= 11 is 1.11. The van der Waals surface area contributed by atoms with Crippen LogP contribution in [0.1, 0.15) is 52.1 Å². The number of carbonyl (C=O) groups is 3. The molecule has 0 aliphatic carbocycles. The van der Waals surface area contributed by atoms with Gasteiger partial charge in [-0.25, -0.2) is 9.78 Å². The van der Waals surface area contributed by atoms with Gasteiger partial charge in [0.25, 0.3) is 0 Å². The molecule has 27 heavy (non-hydrogen) atoms. The highest BCUT2D eigenvalue weighted by molar-refractivity contribution is 7.14. The van der Waals surface area contributed by atoms with E-state index in [2.05, 4.69) is 10.3 Å². The summed E-state index contributed by atoms with van der Waals surface area (Å²) in [5.74, 6) is -1.28. The Labute approximate surface area is 161 Å². The van der Waals surface area contributed by atoms with Crippen molar-refractivity contribution in [2.75, 3.05) is 25.6 Å². The van der Waals surface area contributed by atoms with Gasteiger partial charge in [-0.3, -0.25) is 9.59 Å². The van der Waals surface area contributed by atoms with Crippen molar-refractivity contribution in [3.8, 4) is 0 Å². The van der Waals surface area contributed by atoms with Crippen LogP contribution in [0.25, 0.3) is 0 Å². The Morgan fingerprint density at radius 1 is 1.33 bits per heavy atom. The molecule has 1 atom stereocenters. The van der Waals surface area contributed by atoms with Crippen LogP contribution in [0.4, 0.5) is 5.13 Å². The van der Waals surface area contributed by atoms with Gasteiger partial charge in [-0.1, -0.05) is 0 Å². The zero-order valence-electron chi connectivity index (χ0n) is 16.0. The first kappa shape index (κ1) is 20.8. The molecule has 1 amide bonds. The average molecular weight is 393 g/mol. The first-order valence-electron chi connectivity index (χ1n) is 8.35. The number of thiazole rings is 1. The molecule has 0 fully saturated rings. The lowest BCUT2D eigenvalue weighted by Gasteiger charge is -2.17. The number of nitrogens with zero attached hydrogens (tertiary/aromatic N) is 2. The molecule has 0 bridgehead atoms. The van der Waals surface area contributed by atoms with Crippen LogP contribution in [-0.2, 0) is 14.3 Å². The molecule has 0 saturated heterocycles. The third-order valence-corrected chi connectivity index (χ3v) is 4.72. The number of ketones is 1. The fourth-order valence-corrected chi connectivity index (χ4v) is 3.64. The van der Waals surface area contributed by atoms with Crippen molar-refractivity contribution in [3.05, 3.63) is 34.1 Å². The maximum atomic E-state index is 12.5. The number of rotatable bonds is 8. The van der Waals surface area contributed by atoms with E-state index in [0.717, 1.165) is 22.7 Å². The van der Waals surface area contributed by atoms with Crippen LogP contribution in [0.5, 0.6) is 0 Å². The van der Waals surface area contributed by atoms with E-state index in [1.165, 1.54) is 12.3 Å². The van der Waals surface area contributed by atoms with Crippen molar-refractivity contribution in [1.29, 1.82) is 0 Å². The maximum absolute atomic E-state index is 12.5. The molecule has 1 unspecified atom stereocenters. The first-order chi connectivity index (χ1) is 12.7. The Kier molecular flexibility index (Phi) is 6.86. The summed E-state index contributed by atoms with van der Waals surface area (Å²) in [6.45, 7) is 7.28. The average Bonchev–Trinajstić information content (AvgIpc) is 3.16. The van der Waals surface area contributed by atoms with Gasteiger partial charge in [0, 0.05) is 36.4 Å². The lowest BCUT2D eigenvalue weighted by atomic mass is 10.1. The molecule has 0 saturated carbocycles. The summed E-state index contributed by atoms with van der Waals surface area (Å²) in [5, 5.41) is 4.26. The fraction of sp³-hybridized carbons (Fsp3) is 0.444. The Balaban J connectivity index is 2.03. The van der Waals surface area contributed by atoms with E-state index >= 15 is 0 Å². The van der Waals surface area contributed by atoms with Crippen molar-refractivity contribution < 1.29 is 23.9 Å². The van der Waals surface area contributed by atoms with Gasteiger partial charge in [-0.15, -0.1) is 11.3 Å². The normalized spacial score (nSPS) is 11.9. The third-order valence-electron chi connectivity index (χ3n) is 3.96. The number of amides is 1. The predicted octanol–water partition coefficient (Wildman–Crippen LogP) is 2.77. The number of aromatic nitrogens is 2. The number of Topliss-reactive ketones (excluding diaryl/α,β-unsaturated/α-hetero) is 1. The Morgan fingerprint density at radius 3 is 2.67 bits per heavy atom. The van der Waals surface area contributed by atoms with Gasteiger partial charge in [-0.05, 0) is 26.8 Å². The second-order valence-electron chi connectivity index (χ2n) is 6.18. The van der Waals surface area contributed by atoms with Gasteiger partial charge in [0.1, 0.15) is 0 Å². The largest absolute Gasteiger partial charge is 0.453 e. The van der Waals surface area contributed by atoms with Crippen LogP contribution < -0.4 is 5.32 Å². The van der Waals surface area contributed by atoms with Crippen LogP contribution in [0.3, 0.4) is 0 Å². The molecular formula is C18H23N3O5S. The minimum Gasteiger partial charge on any atom is -0.453 e. The Morgan fingerprint density at radius 2 is 2.04 bits per heavy atom. The van der Waals surface area contributed by atoms with E-state index in [4.69, 9.17) is 9.47 Å². The molecular weight excluding hydrogens is 370 g/mol. The monoisotopic (exact) mass is 393 g/mol. The van der Waals surface area contributed by atoms with Crippen LogP contribution in [0.2, 0.25) is 0 Å². The number of anilines is 1. The van der Waals surface area contributed by atoms with E-state index in [-0.39, 0.29) is 30.0 Å². The highest BCUT2D eigenvalue weighted by Crippen LogP contribution is 2.21. The van der Waals surface area contributed by atoms with Crippen LogP contribution >= 0.6 is 11.3 Å². The molecule has 9 heteroatoms. The van der Waals surface area contributed by atoms with Crippen LogP contribution in [-0.4, -0.2) is 47.5 Å². The Bertz CT molecular complexity index is 855. The molecule has 2 aromatic heterocycles. The summed E-state index contributed by atoms with van der Waals surface area (Å²) in [6, 6.07) is 1.87. The number of aryl methyl sites for hydroxylation is 1. The minimum absolute atomic E-state index is 0.0516. The van der Waals surface area contributed by atoms with Gasteiger partial charge in [0.05, 0.1) is 12.6 Å². The number of carbonyl (C=O) groups excluding carboxylic acids is 3. The quantitative estimate of drug-likeness (QED) is 0.547. The highest BCUT2D eigenvalue weighted by atomic mass is 32.1. The van der Waals surface area contributed by atoms with Crippen LogP contribution in [0.15, 0.2) is 11.4 Å². The summed E-state index contributed by atoms with van der Waals surface area (Å²) in [4.78, 5) is 39.5. The summed E-state index contributed by atoms with van der Waals surface area (Å²) in [7, 11) is 1.63. The van der Waals surface area contributed by atoms with Crippen LogP contribution in [0, 0.1) is 13.8 Å². The maximum Gasteiger partial charge on any atom is 0.358 e. The van der Waals surface area contributed by atoms with Gasteiger partial charge in [-0.2, -0.15) is 0 Å². The molecule has 0 aliphatic rings. The summed E-state index contributed by atoms with van der Waals surface area (Å²) in [6.07, 6.45) is 0. The molecule has 2 heterocycles. The van der Waals surface area contributed by atoms with Crippen molar-refractivity contribution in [2.45, 2.75) is 33.7 Å². The number of hydrogen-bond donors (Lipinski definition) is 1. The first-order valence-corrected chi connectivity index (χ1v) is 9.23. The topological polar surface area (TPSA) is 99.5 Å². The minimum atomic E-state index is -0.710. The molecule has 8 nitrogen and oxygen atoms in total. The van der Waals surface area contributed by atoms with Crippen molar-refractivity contribution in [1.82, 2.24) is 9.55 Å². The van der Waals surface area contributed by atoms with E-state index in [1.807, 2.05) is 25.3 Å². The number of nitrogens with one attached hydrogen (secondary N) is 1. The van der Waals surface area contributed by atoms with Gasteiger partial charge in [0.15, 0.2) is 17.4 Å². The molecule has 0 aromatic carbocycles. The zero-order chi connectivity index (χ0) is 20.1. The number of esters is 1. The van der Waals surface area contributed by atoms with E-state index in [9.17, 15) is 14.4 Å². The molecule has 0 radical (unpaired) electrons. The molecule has 0 aliphatic heterocycles. The van der Waals surface area contributed by atoms with Gasteiger partial charge < -0.3 is 19.4 Å². The van der Waals surface area contributed by atoms with Crippen molar-refractivity contribution >= 4 is 34.1 Å². The second-order valence-corrected chi connectivity index (χ2v) is 7.04. The molecule has 0 spiro atoms. The third kappa shape index (κ3) is 5.01. The molecule has 2 rings (SSSR count). The highest BCUT2D eigenvalue weighted by Gasteiger charge is 2.21. The van der Waals surface area contributed by atoms with Crippen molar-refractivity contribution in [3.63, 3.8) is 0 Å². The summed E-state index contributed by atoms with van der Waals surface area (Å²) in [5.41, 5.74) is 2.31. The lowest BCUT2D eigenvalue weighted by Crippen LogP contribution is -2.17. The second kappa shape index (κ2) is 8.92. The predicted molar refractivity (Wildman–Crippen MR) is 102 cm³/mol. The van der Waals surface area contributed by atoms with E-state index in [1.54, 1.807) is 13.2 Å². The zero-order valence-corrected chi connectivity index (χ0v) is 16.8. The Hall–Kier alpha value is -2.52. The van der Waals surface area contributed by atoms with Gasteiger partial charge >= 0.3 is 5.97 Å². The number of hydrogen-bond acceptors (Lipinski definition) is 7. The number of methoxy groups -OCH3 is 1. The van der Waals surface area contributed by atoms with E-state index < -0.39 is 5.97 Å². The smallest absolute Gasteiger partial charge is 0.358 e. The molecule has 146 valence electrons.